The minimum Gasteiger partial charge on any atom is -0.468 e. The Balaban J connectivity index is 2.56. The molecule has 0 radical (unpaired) electrons. The molecule has 0 aromatic carbocycles. The molecular weight excluding hydrogens is 216 g/mol. The Morgan fingerprint density at radius 2 is 2.44 bits per heavy atom. The second-order valence-corrected chi connectivity index (χ2v) is 2.96. The number of fused-ring (bicyclic) bond motifs is 1. The van der Waals surface area contributed by atoms with Crippen molar-refractivity contribution in [1.82, 2.24) is 14.5 Å². The SMILES string of the molecule is COC(=O)Cn1cnc2c(=O)oc(N)nc21. The number of ether oxygens (including phenoxy) is 1. The third-order valence-electron chi connectivity index (χ3n) is 1.94. The second-order valence-electron chi connectivity index (χ2n) is 2.96. The zero-order valence-electron chi connectivity index (χ0n) is 8.34. The fourth-order valence-corrected chi connectivity index (χ4v) is 1.23. The van der Waals surface area contributed by atoms with Gasteiger partial charge < -0.3 is 19.5 Å². The topological polar surface area (TPSA) is 113 Å². The normalized spacial score (nSPS) is 10.6. The summed E-state index contributed by atoms with van der Waals surface area (Å²) in [7, 11) is 1.26. The standard InChI is InChI=1S/C8H8N4O4/c1-15-4(13)2-12-3-10-5-6(12)11-8(9)16-7(5)14/h3H,2H2,1H3,(H2,9,11). The molecule has 0 aliphatic heterocycles. The van der Waals surface area contributed by atoms with Gasteiger partial charge in [0.15, 0.2) is 11.2 Å². The van der Waals surface area contributed by atoms with Gasteiger partial charge in [-0.05, 0) is 0 Å². The van der Waals surface area contributed by atoms with Crippen LogP contribution in [-0.4, -0.2) is 27.6 Å². The first-order valence-electron chi connectivity index (χ1n) is 4.30. The Labute approximate surface area is 88.6 Å². The van der Waals surface area contributed by atoms with Gasteiger partial charge in [-0.3, -0.25) is 4.79 Å². The van der Waals surface area contributed by atoms with Gasteiger partial charge in [-0.1, -0.05) is 0 Å². The summed E-state index contributed by atoms with van der Waals surface area (Å²) in [5.41, 5.74) is 4.81. The van der Waals surface area contributed by atoms with E-state index in [9.17, 15) is 9.59 Å². The molecule has 0 saturated carbocycles. The number of rotatable bonds is 2. The smallest absolute Gasteiger partial charge is 0.368 e. The molecule has 0 bridgehead atoms. The molecule has 2 N–H and O–H groups in total. The van der Waals surface area contributed by atoms with E-state index in [2.05, 4.69) is 19.1 Å². The van der Waals surface area contributed by atoms with Gasteiger partial charge in [-0.2, -0.15) is 4.98 Å². The van der Waals surface area contributed by atoms with E-state index in [0.717, 1.165) is 0 Å². The Bertz CT molecular complexity index is 600. The number of carbonyl (C=O) groups excluding carboxylic acids is 1. The number of carbonyl (C=O) groups is 1. The first-order valence-corrected chi connectivity index (χ1v) is 4.30. The highest BCUT2D eigenvalue weighted by Crippen LogP contribution is 2.07. The van der Waals surface area contributed by atoms with Gasteiger partial charge in [0, 0.05) is 0 Å². The summed E-state index contributed by atoms with van der Waals surface area (Å²) in [6, 6.07) is -0.274. The summed E-state index contributed by atoms with van der Waals surface area (Å²) in [5, 5.41) is 0. The molecule has 0 aliphatic carbocycles. The number of nitrogen functional groups attached to an aromatic ring is 1. The molecule has 2 aromatic rings. The highest BCUT2D eigenvalue weighted by molar-refractivity contribution is 5.74. The molecule has 8 heteroatoms. The molecule has 84 valence electrons. The van der Waals surface area contributed by atoms with E-state index in [1.54, 1.807) is 0 Å². The van der Waals surface area contributed by atoms with E-state index < -0.39 is 11.6 Å². The van der Waals surface area contributed by atoms with Crippen LogP contribution in [0.2, 0.25) is 0 Å². The first-order chi connectivity index (χ1) is 7.61. The van der Waals surface area contributed by atoms with Gasteiger partial charge in [0.05, 0.1) is 13.4 Å². The molecule has 0 spiro atoms. The van der Waals surface area contributed by atoms with Gasteiger partial charge in [0.1, 0.15) is 6.54 Å². The number of nitrogens with two attached hydrogens (primary N) is 1. The van der Waals surface area contributed by atoms with E-state index in [0.29, 0.717) is 0 Å². The lowest BCUT2D eigenvalue weighted by Gasteiger charge is -2.00. The summed E-state index contributed by atoms with van der Waals surface area (Å²) in [6.45, 7) is -0.0944. The third kappa shape index (κ3) is 1.60. The van der Waals surface area contributed by atoms with Crippen LogP contribution in [0.15, 0.2) is 15.5 Å². The van der Waals surface area contributed by atoms with Crippen LogP contribution in [0.5, 0.6) is 0 Å². The molecule has 0 fully saturated rings. The Morgan fingerprint density at radius 1 is 1.69 bits per heavy atom. The average Bonchev–Trinajstić information content (AvgIpc) is 2.61. The molecule has 8 nitrogen and oxygen atoms in total. The van der Waals surface area contributed by atoms with Crippen LogP contribution in [0.25, 0.3) is 11.2 Å². The summed E-state index contributed by atoms with van der Waals surface area (Å²) in [5.74, 6) is -0.479. The number of anilines is 1. The van der Waals surface area contributed by atoms with Gasteiger partial charge in [0.25, 0.3) is 6.01 Å². The molecule has 0 aliphatic rings. The number of aromatic nitrogens is 3. The molecular formula is C8H8N4O4. The van der Waals surface area contributed by atoms with Gasteiger partial charge in [-0.15, -0.1) is 0 Å². The molecule has 0 atom stereocenters. The van der Waals surface area contributed by atoms with Crippen LogP contribution in [0.3, 0.4) is 0 Å². The fourth-order valence-electron chi connectivity index (χ4n) is 1.23. The van der Waals surface area contributed by atoms with Crippen molar-refractivity contribution in [2.45, 2.75) is 6.54 Å². The maximum absolute atomic E-state index is 11.3. The van der Waals surface area contributed by atoms with E-state index >= 15 is 0 Å². The predicted molar refractivity (Wildman–Crippen MR) is 52.5 cm³/mol. The second kappa shape index (κ2) is 3.65. The van der Waals surface area contributed by atoms with E-state index in [1.165, 1.54) is 18.0 Å². The molecule has 2 rings (SSSR count). The van der Waals surface area contributed by atoms with Crippen LogP contribution < -0.4 is 11.4 Å². The highest BCUT2D eigenvalue weighted by atomic mass is 16.5. The maximum atomic E-state index is 11.3. The lowest BCUT2D eigenvalue weighted by Crippen LogP contribution is -2.12. The minimum absolute atomic E-state index is 0.0260. The monoisotopic (exact) mass is 224 g/mol. The Hall–Kier alpha value is -2.38. The molecule has 0 unspecified atom stereocenters. The summed E-state index contributed by atoms with van der Waals surface area (Å²) in [6.07, 6.45) is 1.30. The van der Waals surface area contributed by atoms with Crippen molar-refractivity contribution in [1.29, 1.82) is 0 Å². The highest BCUT2D eigenvalue weighted by Gasteiger charge is 2.12. The third-order valence-corrected chi connectivity index (χ3v) is 1.94. The van der Waals surface area contributed by atoms with Crippen LogP contribution in [-0.2, 0) is 16.1 Å². The molecule has 2 heterocycles. The maximum Gasteiger partial charge on any atom is 0.368 e. The molecule has 0 amide bonds. The number of imidazole rings is 1. The van der Waals surface area contributed by atoms with Gasteiger partial charge in [-0.25, -0.2) is 9.78 Å². The fraction of sp³-hybridized carbons (Fsp3) is 0.250. The number of hydrogen-bond acceptors (Lipinski definition) is 7. The van der Waals surface area contributed by atoms with Gasteiger partial charge >= 0.3 is 11.6 Å². The summed E-state index contributed by atoms with van der Waals surface area (Å²) < 4.78 is 10.4. The number of nitrogens with zero attached hydrogens (tertiary/aromatic N) is 3. The number of hydrogen-bond donors (Lipinski definition) is 1. The van der Waals surface area contributed by atoms with Crippen LogP contribution in [0.4, 0.5) is 6.01 Å². The van der Waals surface area contributed by atoms with Crippen LogP contribution >= 0.6 is 0 Å². The van der Waals surface area contributed by atoms with Crippen molar-refractivity contribution in [3.05, 3.63) is 16.7 Å². The van der Waals surface area contributed by atoms with Crippen molar-refractivity contribution in [3.8, 4) is 0 Å². The van der Waals surface area contributed by atoms with E-state index in [-0.39, 0.29) is 23.7 Å². The first kappa shape index (κ1) is 10.1. The molecule has 2 aromatic heterocycles. The van der Waals surface area contributed by atoms with Crippen molar-refractivity contribution in [2.24, 2.45) is 0 Å². The Morgan fingerprint density at radius 3 is 3.12 bits per heavy atom. The van der Waals surface area contributed by atoms with Crippen molar-refractivity contribution in [2.75, 3.05) is 12.8 Å². The Kier molecular flexibility index (Phi) is 2.31. The minimum atomic E-state index is -0.689. The van der Waals surface area contributed by atoms with Gasteiger partial charge in [0.2, 0.25) is 0 Å². The predicted octanol–water partition coefficient (Wildman–Crippen LogP) is -0.860. The molecule has 0 saturated heterocycles. The van der Waals surface area contributed by atoms with Crippen molar-refractivity contribution >= 4 is 23.1 Å². The van der Waals surface area contributed by atoms with E-state index in [4.69, 9.17) is 5.73 Å². The van der Waals surface area contributed by atoms with E-state index in [1.807, 2.05) is 0 Å². The lowest BCUT2D eigenvalue weighted by atomic mass is 10.5. The van der Waals surface area contributed by atoms with Crippen LogP contribution in [0, 0.1) is 0 Å². The zero-order valence-corrected chi connectivity index (χ0v) is 8.34. The summed E-state index contributed by atoms with van der Waals surface area (Å²) >= 11 is 0. The van der Waals surface area contributed by atoms with Crippen LogP contribution in [0.1, 0.15) is 0 Å². The number of methoxy groups -OCH3 is 1. The summed E-state index contributed by atoms with van der Waals surface area (Å²) in [4.78, 5) is 29.9. The lowest BCUT2D eigenvalue weighted by molar-refractivity contribution is -0.141. The average molecular weight is 224 g/mol. The van der Waals surface area contributed by atoms with Crippen molar-refractivity contribution < 1.29 is 13.9 Å². The quantitative estimate of drug-likeness (QED) is 0.660. The zero-order chi connectivity index (χ0) is 11.7. The molecule has 16 heavy (non-hydrogen) atoms. The number of esters is 1. The largest absolute Gasteiger partial charge is 0.468 e. The van der Waals surface area contributed by atoms with Crippen molar-refractivity contribution in [3.63, 3.8) is 0 Å².